The minimum absolute atomic E-state index is 0.138. The van der Waals surface area contributed by atoms with Crippen LogP contribution in [0, 0.1) is 0 Å². The van der Waals surface area contributed by atoms with Gasteiger partial charge in [0.2, 0.25) is 0 Å². The number of carbonyl (C=O) groups is 1. The Kier molecular flexibility index (Phi) is 4.79. The lowest BCUT2D eigenvalue weighted by Gasteiger charge is -2.06. The van der Waals surface area contributed by atoms with Crippen molar-refractivity contribution in [1.29, 1.82) is 0 Å². The van der Waals surface area contributed by atoms with Crippen LogP contribution in [0.5, 0.6) is 5.75 Å². The van der Waals surface area contributed by atoms with Crippen molar-refractivity contribution < 1.29 is 9.53 Å². The Morgan fingerprint density at radius 1 is 1.25 bits per heavy atom. The molecule has 0 aliphatic carbocycles. The van der Waals surface area contributed by atoms with Crippen LogP contribution in [0.25, 0.3) is 5.52 Å². The Balaban J connectivity index is 1.69. The minimum Gasteiger partial charge on any atom is -0.497 e. The highest BCUT2D eigenvalue weighted by Crippen LogP contribution is 2.14. The van der Waals surface area contributed by atoms with Crippen LogP contribution < -0.4 is 10.1 Å². The number of methoxy groups -OCH3 is 1. The molecule has 1 N–H and O–H groups in total. The van der Waals surface area contributed by atoms with Crippen LogP contribution in [-0.2, 0) is 12.8 Å². The fraction of sp³-hybridized carbons (Fsp3) is 0.263. The highest BCUT2D eigenvalue weighted by molar-refractivity contribution is 5.99. The molecule has 2 heterocycles. The summed E-state index contributed by atoms with van der Waals surface area (Å²) in [6, 6.07) is 13.6. The van der Waals surface area contributed by atoms with E-state index >= 15 is 0 Å². The molecule has 24 heavy (non-hydrogen) atoms. The molecule has 0 atom stereocenters. The Labute approximate surface area is 141 Å². The summed E-state index contributed by atoms with van der Waals surface area (Å²) in [5, 5.41) is 2.96. The number of hydrogen-bond acceptors (Lipinski definition) is 3. The van der Waals surface area contributed by atoms with Gasteiger partial charge in [-0.3, -0.25) is 4.79 Å². The molecular weight excluding hydrogens is 302 g/mol. The number of benzene rings is 1. The van der Waals surface area contributed by atoms with Crippen LogP contribution in [-0.4, -0.2) is 28.9 Å². The van der Waals surface area contributed by atoms with E-state index in [1.807, 2.05) is 60.0 Å². The molecule has 3 aromatic rings. The maximum atomic E-state index is 12.5. The summed E-state index contributed by atoms with van der Waals surface area (Å²) in [6.07, 6.45) is 3.46. The first-order valence-electron chi connectivity index (χ1n) is 8.10. The van der Waals surface area contributed by atoms with E-state index in [0.717, 1.165) is 35.5 Å². The number of imidazole rings is 1. The number of carbonyl (C=O) groups excluding carboxylic acids is 1. The molecule has 0 saturated heterocycles. The highest BCUT2D eigenvalue weighted by Gasteiger charge is 2.15. The van der Waals surface area contributed by atoms with Gasteiger partial charge < -0.3 is 14.5 Å². The topological polar surface area (TPSA) is 55.6 Å². The van der Waals surface area contributed by atoms with Gasteiger partial charge in [0.15, 0.2) is 5.69 Å². The van der Waals surface area contributed by atoms with Crippen molar-refractivity contribution in [3.8, 4) is 5.75 Å². The largest absolute Gasteiger partial charge is 0.497 e. The molecule has 5 heteroatoms. The first kappa shape index (κ1) is 16.1. The minimum atomic E-state index is -0.138. The summed E-state index contributed by atoms with van der Waals surface area (Å²) in [6.45, 7) is 2.59. The maximum absolute atomic E-state index is 12.5. The van der Waals surface area contributed by atoms with Crippen LogP contribution in [0.1, 0.15) is 28.8 Å². The first-order chi connectivity index (χ1) is 11.7. The van der Waals surface area contributed by atoms with Crippen molar-refractivity contribution in [2.75, 3.05) is 13.7 Å². The van der Waals surface area contributed by atoms with E-state index in [1.54, 1.807) is 7.11 Å². The lowest BCUT2D eigenvalue weighted by molar-refractivity contribution is 0.0951. The zero-order valence-corrected chi connectivity index (χ0v) is 14.0. The number of aromatic nitrogens is 2. The SMILES string of the molecule is CCc1nc(C(=O)NCCc2cccc(OC)c2)c2ccccn12. The van der Waals surface area contributed by atoms with Crippen LogP contribution in [0.2, 0.25) is 0 Å². The van der Waals surface area contributed by atoms with Gasteiger partial charge in [0.25, 0.3) is 5.91 Å². The predicted octanol–water partition coefficient (Wildman–Crippen LogP) is 2.88. The van der Waals surface area contributed by atoms with E-state index in [0.29, 0.717) is 12.2 Å². The average molecular weight is 323 g/mol. The maximum Gasteiger partial charge on any atom is 0.272 e. The van der Waals surface area contributed by atoms with Gasteiger partial charge in [-0.15, -0.1) is 0 Å². The third-order valence-electron chi connectivity index (χ3n) is 3.99. The summed E-state index contributed by atoms with van der Waals surface area (Å²) >= 11 is 0. The molecule has 3 rings (SSSR count). The molecule has 1 aromatic carbocycles. The molecule has 0 fully saturated rings. The van der Waals surface area contributed by atoms with Crippen LogP contribution in [0.4, 0.5) is 0 Å². The molecule has 2 aromatic heterocycles. The zero-order chi connectivity index (χ0) is 16.9. The van der Waals surface area contributed by atoms with Gasteiger partial charge in [-0.2, -0.15) is 0 Å². The van der Waals surface area contributed by atoms with E-state index < -0.39 is 0 Å². The molecule has 124 valence electrons. The van der Waals surface area contributed by atoms with Crippen molar-refractivity contribution in [3.63, 3.8) is 0 Å². The second-order valence-electron chi connectivity index (χ2n) is 5.54. The van der Waals surface area contributed by atoms with Crippen molar-refractivity contribution in [2.24, 2.45) is 0 Å². The highest BCUT2D eigenvalue weighted by atomic mass is 16.5. The van der Waals surface area contributed by atoms with Gasteiger partial charge >= 0.3 is 0 Å². The molecular formula is C19H21N3O2. The number of nitrogens with one attached hydrogen (secondary N) is 1. The Morgan fingerprint density at radius 2 is 2.12 bits per heavy atom. The second kappa shape index (κ2) is 7.17. The molecule has 0 unspecified atom stereocenters. The van der Waals surface area contributed by atoms with Crippen LogP contribution >= 0.6 is 0 Å². The van der Waals surface area contributed by atoms with E-state index in [4.69, 9.17) is 4.74 Å². The van der Waals surface area contributed by atoms with E-state index in [9.17, 15) is 4.79 Å². The van der Waals surface area contributed by atoms with E-state index in [-0.39, 0.29) is 5.91 Å². The van der Waals surface area contributed by atoms with Crippen molar-refractivity contribution in [1.82, 2.24) is 14.7 Å². The molecule has 0 bridgehead atoms. The van der Waals surface area contributed by atoms with Gasteiger partial charge in [-0.1, -0.05) is 25.1 Å². The number of hydrogen-bond donors (Lipinski definition) is 1. The number of amides is 1. The number of fused-ring (bicyclic) bond motifs is 1. The summed E-state index contributed by atoms with van der Waals surface area (Å²) in [5.41, 5.74) is 2.45. The molecule has 5 nitrogen and oxygen atoms in total. The monoisotopic (exact) mass is 323 g/mol. The fourth-order valence-corrected chi connectivity index (χ4v) is 2.75. The smallest absolute Gasteiger partial charge is 0.272 e. The third-order valence-corrected chi connectivity index (χ3v) is 3.99. The van der Waals surface area contributed by atoms with Crippen molar-refractivity contribution >= 4 is 11.4 Å². The summed E-state index contributed by atoms with van der Waals surface area (Å²) in [5.74, 6) is 1.58. The fourth-order valence-electron chi connectivity index (χ4n) is 2.75. The van der Waals surface area contributed by atoms with Gasteiger partial charge in [0.1, 0.15) is 11.6 Å². The Bertz CT molecular complexity index is 855. The van der Waals surface area contributed by atoms with Crippen LogP contribution in [0.15, 0.2) is 48.7 Å². The molecule has 0 aliphatic rings. The second-order valence-corrected chi connectivity index (χ2v) is 5.54. The Morgan fingerprint density at radius 3 is 2.92 bits per heavy atom. The third kappa shape index (κ3) is 3.25. The summed E-state index contributed by atoms with van der Waals surface area (Å²) in [7, 11) is 1.65. The number of pyridine rings is 1. The number of aryl methyl sites for hydroxylation is 1. The van der Waals surface area contributed by atoms with Crippen molar-refractivity contribution in [2.45, 2.75) is 19.8 Å². The zero-order valence-electron chi connectivity index (χ0n) is 14.0. The van der Waals surface area contributed by atoms with Crippen molar-refractivity contribution in [3.05, 3.63) is 65.7 Å². The molecule has 0 spiro atoms. The molecule has 0 radical (unpaired) electrons. The summed E-state index contributed by atoms with van der Waals surface area (Å²) < 4.78 is 7.18. The normalized spacial score (nSPS) is 10.8. The summed E-state index contributed by atoms with van der Waals surface area (Å²) in [4.78, 5) is 17.0. The average Bonchev–Trinajstić information content (AvgIpc) is 3.01. The number of ether oxygens (including phenoxy) is 1. The molecule has 0 saturated carbocycles. The van der Waals surface area contributed by atoms with E-state index in [1.165, 1.54) is 0 Å². The van der Waals surface area contributed by atoms with Crippen LogP contribution in [0.3, 0.4) is 0 Å². The van der Waals surface area contributed by atoms with Gasteiger partial charge in [0, 0.05) is 19.2 Å². The lowest BCUT2D eigenvalue weighted by Crippen LogP contribution is -2.26. The number of rotatable bonds is 6. The molecule has 1 amide bonds. The van der Waals surface area contributed by atoms with Gasteiger partial charge in [0.05, 0.1) is 12.6 Å². The van der Waals surface area contributed by atoms with Gasteiger partial charge in [-0.25, -0.2) is 4.98 Å². The lowest BCUT2D eigenvalue weighted by atomic mass is 10.1. The predicted molar refractivity (Wildman–Crippen MR) is 93.6 cm³/mol. The van der Waals surface area contributed by atoms with Gasteiger partial charge in [-0.05, 0) is 36.2 Å². The standard InChI is InChI=1S/C19H21N3O2/c1-3-17-21-18(16-9-4-5-12-22(16)17)19(23)20-11-10-14-7-6-8-15(13-14)24-2/h4-9,12-13H,3,10-11H2,1-2H3,(H,20,23). The first-order valence-corrected chi connectivity index (χ1v) is 8.10. The number of nitrogens with zero attached hydrogens (tertiary/aromatic N) is 2. The quantitative estimate of drug-likeness (QED) is 0.759. The van der Waals surface area contributed by atoms with E-state index in [2.05, 4.69) is 10.3 Å². The molecule has 0 aliphatic heterocycles. The Hall–Kier alpha value is -2.82.